The van der Waals surface area contributed by atoms with Gasteiger partial charge in [-0.25, -0.2) is 0 Å². The monoisotopic (exact) mass is 963 g/mol. The highest BCUT2D eigenvalue weighted by atomic mass is 16.7. The van der Waals surface area contributed by atoms with Crippen LogP contribution in [0, 0.1) is 5.92 Å². The third-order valence-electron chi connectivity index (χ3n) is 12.6. The van der Waals surface area contributed by atoms with Crippen molar-refractivity contribution < 1.29 is 47.6 Å². The van der Waals surface area contributed by atoms with Crippen LogP contribution in [0.1, 0.15) is 47.2 Å². The molecular formula is C58H65N3O10. The summed E-state index contributed by atoms with van der Waals surface area (Å²) in [5.41, 5.74) is 9.07. The van der Waals surface area contributed by atoms with Crippen LogP contribution in [-0.4, -0.2) is 80.0 Å². The van der Waals surface area contributed by atoms with Gasteiger partial charge in [-0.05, 0) is 33.4 Å². The maximum Gasteiger partial charge on any atom is 0.217 e. The van der Waals surface area contributed by atoms with E-state index in [-0.39, 0.29) is 51.5 Å². The molecule has 0 radical (unpaired) electrons. The summed E-state index contributed by atoms with van der Waals surface area (Å²) in [4.78, 5) is 33.1. The molecule has 13 heteroatoms. The standard InChI is InChI=1S/C58H65N3O10/c1-41(62)59-52-51(61-69-38-48-31-19-8-20-32-48)49(39-64-33-43-21-9-3-10-22-43)54(56(52)67-36-46-27-15-6-16-28-46)71-58-53(60-42(2)63)57(68-37-47-29-17-7-18-30-47)55(66-35-45-25-13-5-14-26-45)50(70-58)40-65-34-44-23-11-4-12-24-44/h3-32,49-58,61H,33-40H2,1-2H3,(H,59,62)(H,60,63)/t49-,50+,51-,52-,53+,54+,55+,56+,57+,58-/m0/s1. The van der Waals surface area contributed by atoms with E-state index in [9.17, 15) is 9.59 Å². The Morgan fingerprint density at radius 1 is 0.423 bits per heavy atom. The lowest BCUT2D eigenvalue weighted by atomic mass is 9.95. The molecule has 3 N–H and O–H groups in total. The molecule has 0 unspecified atom stereocenters. The Morgan fingerprint density at radius 3 is 1.23 bits per heavy atom. The summed E-state index contributed by atoms with van der Waals surface area (Å²) in [6.07, 6.45) is -5.13. The Morgan fingerprint density at radius 2 is 0.789 bits per heavy atom. The van der Waals surface area contributed by atoms with Crippen LogP contribution in [0.4, 0.5) is 0 Å². The Balaban J connectivity index is 1.18. The molecule has 13 nitrogen and oxygen atoms in total. The second-order valence-electron chi connectivity index (χ2n) is 18.0. The third kappa shape index (κ3) is 15.2. The summed E-state index contributed by atoms with van der Waals surface area (Å²) >= 11 is 0. The summed E-state index contributed by atoms with van der Waals surface area (Å²) in [7, 11) is 0. The van der Waals surface area contributed by atoms with Gasteiger partial charge in [0, 0.05) is 19.8 Å². The SMILES string of the molecule is CC(=O)N[C@H]1[C@@H](NOCc2ccccc2)[C@H](COCc2ccccc2)[C@@H](O[C@@H]2O[C@H](COCc3ccccc3)[C@@H](OCc3ccccc3)[C@H](OCc3ccccc3)[C@H]2NC(C)=O)[C@@H]1OCc1ccccc1. The fourth-order valence-corrected chi connectivity index (χ4v) is 9.21. The van der Waals surface area contributed by atoms with E-state index in [1.165, 1.54) is 13.8 Å². The minimum absolute atomic E-state index is 0.0977. The van der Waals surface area contributed by atoms with Crippen LogP contribution in [0.5, 0.6) is 0 Å². The number of carbonyl (C=O) groups is 2. The van der Waals surface area contributed by atoms with E-state index in [2.05, 4.69) is 16.1 Å². The molecule has 0 aromatic heterocycles. The van der Waals surface area contributed by atoms with Crippen LogP contribution >= 0.6 is 0 Å². The zero-order valence-corrected chi connectivity index (χ0v) is 40.3. The molecule has 1 heterocycles. The van der Waals surface area contributed by atoms with Crippen molar-refractivity contribution in [2.45, 2.75) is 108 Å². The van der Waals surface area contributed by atoms with Crippen molar-refractivity contribution in [3.63, 3.8) is 0 Å². The lowest BCUT2D eigenvalue weighted by Crippen LogP contribution is -2.66. The van der Waals surface area contributed by atoms with Gasteiger partial charge in [0.15, 0.2) is 6.29 Å². The summed E-state index contributed by atoms with van der Waals surface area (Å²) in [5.74, 6) is -1.12. The Bertz CT molecular complexity index is 2460. The van der Waals surface area contributed by atoms with Crippen molar-refractivity contribution in [3.05, 3.63) is 215 Å². The van der Waals surface area contributed by atoms with E-state index >= 15 is 0 Å². The number of nitrogens with one attached hydrogen (secondary N) is 3. The topological polar surface area (TPSA) is 144 Å². The third-order valence-corrected chi connectivity index (χ3v) is 12.6. The van der Waals surface area contributed by atoms with E-state index < -0.39 is 60.9 Å². The van der Waals surface area contributed by atoms with E-state index in [0.717, 1.165) is 33.4 Å². The predicted molar refractivity (Wildman–Crippen MR) is 268 cm³/mol. The van der Waals surface area contributed by atoms with Crippen LogP contribution in [0.3, 0.4) is 0 Å². The minimum atomic E-state index is -1.16. The van der Waals surface area contributed by atoms with Crippen molar-refractivity contribution in [2.75, 3.05) is 13.2 Å². The van der Waals surface area contributed by atoms with Crippen LogP contribution < -0.4 is 16.1 Å². The minimum Gasteiger partial charge on any atom is -0.376 e. The molecule has 1 saturated heterocycles. The fraction of sp³-hybridized carbons (Fsp3) is 0.345. The van der Waals surface area contributed by atoms with E-state index in [0.29, 0.717) is 13.2 Å². The Labute approximate surface area is 417 Å². The Kier molecular flexibility index (Phi) is 19.4. The van der Waals surface area contributed by atoms with Gasteiger partial charge < -0.3 is 43.8 Å². The highest BCUT2D eigenvalue weighted by Crippen LogP contribution is 2.38. The first-order chi connectivity index (χ1) is 34.9. The molecule has 6 aromatic rings. The number of rotatable bonds is 25. The summed E-state index contributed by atoms with van der Waals surface area (Å²) < 4.78 is 48.2. The van der Waals surface area contributed by atoms with E-state index in [1.54, 1.807) is 0 Å². The van der Waals surface area contributed by atoms with E-state index in [1.807, 2.05) is 182 Å². The zero-order valence-electron chi connectivity index (χ0n) is 40.3. The molecule has 0 bridgehead atoms. The number of hydroxylamine groups is 1. The quantitative estimate of drug-likeness (QED) is 0.0480. The number of hydrogen-bond acceptors (Lipinski definition) is 11. The normalized spacial score (nSPS) is 24.0. The fourth-order valence-electron chi connectivity index (χ4n) is 9.21. The second-order valence-corrected chi connectivity index (χ2v) is 18.0. The smallest absolute Gasteiger partial charge is 0.217 e. The molecule has 10 atom stereocenters. The maximum absolute atomic E-state index is 13.5. The number of amides is 2. The number of hydrogen-bond donors (Lipinski definition) is 3. The summed E-state index contributed by atoms with van der Waals surface area (Å²) in [6.45, 7) is 4.70. The van der Waals surface area contributed by atoms with E-state index in [4.69, 9.17) is 38.0 Å². The van der Waals surface area contributed by atoms with Gasteiger partial charge in [-0.15, -0.1) is 0 Å². The van der Waals surface area contributed by atoms with Crippen molar-refractivity contribution >= 4 is 11.8 Å². The summed E-state index contributed by atoms with van der Waals surface area (Å²) in [6, 6.07) is 57.0. The van der Waals surface area contributed by atoms with Gasteiger partial charge in [0.2, 0.25) is 11.8 Å². The highest BCUT2D eigenvalue weighted by molar-refractivity contribution is 5.74. The number of ether oxygens (including phenoxy) is 7. The lowest BCUT2D eigenvalue weighted by molar-refractivity contribution is -0.309. The molecule has 372 valence electrons. The van der Waals surface area contributed by atoms with Crippen molar-refractivity contribution in [3.8, 4) is 0 Å². The molecule has 71 heavy (non-hydrogen) atoms. The van der Waals surface area contributed by atoms with Crippen molar-refractivity contribution in [1.29, 1.82) is 0 Å². The van der Waals surface area contributed by atoms with Gasteiger partial charge in [0.1, 0.15) is 30.5 Å². The van der Waals surface area contributed by atoms with Gasteiger partial charge in [0.05, 0.1) is 71.0 Å². The molecule has 1 saturated carbocycles. The number of carbonyl (C=O) groups excluding carboxylic acids is 2. The summed E-state index contributed by atoms with van der Waals surface area (Å²) in [5, 5.41) is 6.36. The molecule has 2 amide bonds. The first-order valence-corrected chi connectivity index (χ1v) is 24.3. The number of benzene rings is 6. The molecule has 0 spiro atoms. The largest absolute Gasteiger partial charge is 0.376 e. The van der Waals surface area contributed by atoms with Gasteiger partial charge in [-0.3, -0.25) is 14.4 Å². The maximum atomic E-state index is 13.5. The Hall–Kier alpha value is -6.10. The van der Waals surface area contributed by atoms with Crippen LogP contribution in [0.25, 0.3) is 0 Å². The van der Waals surface area contributed by atoms with Gasteiger partial charge in [-0.2, -0.15) is 5.48 Å². The zero-order chi connectivity index (χ0) is 49.0. The second kappa shape index (κ2) is 26.9. The van der Waals surface area contributed by atoms with Gasteiger partial charge in [0.25, 0.3) is 0 Å². The first-order valence-electron chi connectivity index (χ1n) is 24.3. The van der Waals surface area contributed by atoms with Crippen LogP contribution in [0.2, 0.25) is 0 Å². The van der Waals surface area contributed by atoms with Crippen molar-refractivity contribution in [1.82, 2.24) is 16.1 Å². The molecule has 6 aromatic carbocycles. The molecule has 1 aliphatic heterocycles. The van der Waals surface area contributed by atoms with Crippen LogP contribution in [0.15, 0.2) is 182 Å². The van der Waals surface area contributed by atoms with Crippen molar-refractivity contribution in [2.24, 2.45) is 5.92 Å². The first kappa shape index (κ1) is 51.3. The molecule has 2 fully saturated rings. The molecular weight excluding hydrogens is 899 g/mol. The molecule has 8 rings (SSSR count). The lowest BCUT2D eigenvalue weighted by Gasteiger charge is -2.47. The van der Waals surface area contributed by atoms with Gasteiger partial charge >= 0.3 is 0 Å². The molecule has 1 aliphatic carbocycles. The van der Waals surface area contributed by atoms with Gasteiger partial charge in [-0.1, -0.05) is 182 Å². The predicted octanol–water partition coefficient (Wildman–Crippen LogP) is 8.02. The highest BCUT2D eigenvalue weighted by Gasteiger charge is 2.57. The van der Waals surface area contributed by atoms with Crippen LogP contribution in [-0.2, 0) is 87.2 Å². The molecule has 2 aliphatic rings. The average Bonchev–Trinajstić information content (AvgIpc) is 3.65. The average molecular weight is 964 g/mol.